The lowest BCUT2D eigenvalue weighted by atomic mass is 10.2. The molecule has 1 fully saturated rings. The minimum atomic E-state index is -0.437. The van der Waals surface area contributed by atoms with Gasteiger partial charge in [-0.05, 0) is 25.3 Å². The third-order valence-electron chi connectivity index (χ3n) is 3.36. The Hall–Kier alpha value is -2.15. The number of hydrogen-bond acceptors (Lipinski definition) is 5. The van der Waals surface area contributed by atoms with Crippen molar-refractivity contribution in [2.24, 2.45) is 0 Å². The molecule has 3 rings (SSSR count). The van der Waals surface area contributed by atoms with Crippen LogP contribution in [0.5, 0.6) is 0 Å². The fraction of sp³-hybridized carbons (Fsp3) is 0.417. The number of fused-ring (bicyclic) bond motifs is 1. The zero-order chi connectivity index (χ0) is 13.4. The van der Waals surface area contributed by atoms with Gasteiger partial charge in [-0.3, -0.25) is 10.1 Å². The van der Waals surface area contributed by atoms with Gasteiger partial charge in [-0.1, -0.05) is 0 Å². The predicted octanol–water partition coefficient (Wildman–Crippen LogP) is 2.23. The summed E-state index contributed by atoms with van der Waals surface area (Å²) >= 11 is 0. The van der Waals surface area contributed by atoms with E-state index in [1.165, 1.54) is 12.1 Å². The highest BCUT2D eigenvalue weighted by molar-refractivity contribution is 5.90. The Labute approximate surface area is 109 Å². The topological polar surface area (TPSA) is 96.2 Å². The molecule has 7 heteroatoms. The molecular weight excluding hydrogens is 248 g/mol. The third-order valence-corrected chi connectivity index (χ3v) is 3.36. The Bertz CT molecular complexity index is 631. The fourth-order valence-corrected chi connectivity index (χ4v) is 2.40. The number of non-ortho nitro benzene ring substituents is 1. The zero-order valence-corrected chi connectivity index (χ0v) is 10.3. The van der Waals surface area contributed by atoms with Gasteiger partial charge >= 0.3 is 0 Å². The molecule has 1 unspecified atom stereocenters. The van der Waals surface area contributed by atoms with Crippen LogP contribution < -0.4 is 5.73 Å². The number of hydrogen-bond donors (Lipinski definition) is 1. The summed E-state index contributed by atoms with van der Waals surface area (Å²) in [7, 11) is 0. The summed E-state index contributed by atoms with van der Waals surface area (Å²) in [4.78, 5) is 10.3. The van der Waals surface area contributed by atoms with Gasteiger partial charge in [-0.25, -0.2) is 4.68 Å². The highest BCUT2D eigenvalue weighted by atomic mass is 16.6. The molecule has 1 aliphatic rings. The molecule has 2 N–H and O–H groups in total. The van der Waals surface area contributed by atoms with E-state index in [0.717, 1.165) is 24.8 Å². The fourth-order valence-electron chi connectivity index (χ4n) is 2.40. The first-order valence-electron chi connectivity index (χ1n) is 6.20. The number of benzene rings is 1. The van der Waals surface area contributed by atoms with Crippen LogP contribution >= 0.6 is 0 Å². The van der Waals surface area contributed by atoms with Crippen LogP contribution in [0.4, 0.5) is 11.5 Å². The average Bonchev–Trinajstić information content (AvgIpc) is 2.77. The van der Waals surface area contributed by atoms with Crippen molar-refractivity contribution in [3.8, 4) is 0 Å². The standard InChI is InChI=1S/C12H14N4O3/c13-12-9-7-8(16(17)18)4-5-10(9)15(14-12)11-3-1-2-6-19-11/h4-5,7,11H,1-3,6H2,(H2,13,14). The summed E-state index contributed by atoms with van der Waals surface area (Å²) in [6.45, 7) is 0.707. The van der Waals surface area contributed by atoms with Crippen molar-refractivity contribution in [1.29, 1.82) is 0 Å². The van der Waals surface area contributed by atoms with E-state index in [9.17, 15) is 10.1 Å². The lowest BCUT2D eigenvalue weighted by Crippen LogP contribution is -2.19. The molecular formula is C12H14N4O3. The number of rotatable bonds is 2. The van der Waals surface area contributed by atoms with Crippen LogP contribution in [0.15, 0.2) is 18.2 Å². The predicted molar refractivity (Wildman–Crippen MR) is 69.6 cm³/mol. The van der Waals surface area contributed by atoms with E-state index in [0.29, 0.717) is 17.8 Å². The van der Waals surface area contributed by atoms with Gasteiger partial charge in [0, 0.05) is 18.7 Å². The number of nitro groups is 1. The second-order valence-electron chi connectivity index (χ2n) is 4.61. The lowest BCUT2D eigenvalue weighted by molar-refractivity contribution is -0.384. The zero-order valence-electron chi connectivity index (χ0n) is 10.3. The molecule has 7 nitrogen and oxygen atoms in total. The van der Waals surface area contributed by atoms with Crippen molar-refractivity contribution in [2.45, 2.75) is 25.5 Å². The highest BCUT2D eigenvalue weighted by Crippen LogP contribution is 2.31. The van der Waals surface area contributed by atoms with Gasteiger partial charge in [-0.15, -0.1) is 0 Å². The summed E-state index contributed by atoms with van der Waals surface area (Å²) in [5.74, 6) is 0.299. The Kier molecular flexibility index (Phi) is 2.83. The summed E-state index contributed by atoms with van der Waals surface area (Å²) in [6.07, 6.45) is 2.89. The first kappa shape index (κ1) is 11.9. The number of nitrogens with zero attached hydrogens (tertiary/aromatic N) is 3. The van der Waals surface area contributed by atoms with E-state index in [-0.39, 0.29) is 11.9 Å². The van der Waals surface area contributed by atoms with Gasteiger partial charge in [0.15, 0.2) is 12.0 Å². The molecule has 0 bridgehead atoms. The first-order chi connectivity index (χ1) is 9.16. The largest absolute Gasteiger partial charge is 0.382 e. The Morgan fingerprint density at radius 3 is 3.00 bits per heavy atom. The molecule has 1 saturated heterocycles. The van der Waals surface area contributed by atoms with Gasteiger partial charge < -0.3 is 10.5 Å². The van der Waals surface area contributed by atoms with Crippen LogP contribution in [0.2, 0.25) is 0 Å². The normalized spacial score (nSPS) is 19.7. The Morgan fingerprint density at radius 2 is 2.32 bits per heavy atom. The van der Waals surface area contributed by atoms with Crippen molar-refractivity contribution in [3.05, 3.63) is 28.3 Å². The van der Waals surface area contributed by atoms with Gasteiger partial charge in [-0.2, -0.15) is 5.10 Å². The molecule has 1 aromatic heterocycles. The number of aromatic nitrogens is 2. The minimum Gasteiger partial charge on any atom is -0.382 e. The molecule has 0 aliphatic carbocycles. The number of nitrogen functional groups attached to an aromatic ring is 1. The van der Waals surface area contributed by atoms with E-state index in [1.54, 1.807) is 10.7 Å². The number of nitro benzene ring substituents is 1. The molecule has 0 saturated carbocycles. The van der Waals surface area contributed by atoms with Crippen LogP contribution in [-0.2, 0) is 4.74 Å². The minimum absolute atomic E-state index is 0.0170. The molecule has 2 heterocycles. The second-order valence-corrected chi connectivity index (χ2v) is 4.61. The SMILES string of the molecule is Nc1nn(C2CCCCO2)c2ccc([N+](=O)[O-])cc12. The molecule has 2 aromatic rings. The van der Waals surface area contributed by atoms with E-state index >= 15 is 0 Å². The van der Waals surface area contributed by atoms with Crippen LogP contribution in [0, 0.1) is 10.1 Å². The third kappa shape index (κ3) is 2.01. The van der Waals surface area contributed by atoms with Crippen LogP contribution in [0.25, 0.3) is 10.9 Å². The number of nitrogens with two attached hydrogens (primary N) is 1. The maximum atomic E-state index is 10.8. The van der Waals surface area contributed by atoms with Gasteiger partial charge in [0.25, 0.3) is 5.69 Å². The van der Waals surface area contributed by atoms with E-state index in [1.807, 2.05) is 0 Å². The van der Waals surface area contributed by atoms with Crippen molar-refractivity contribution in [3.63, 3.8) is 0 Å². The molecule has 1 atom stereocenters. The van der Waals surface area contributed by atoms with Crippen molar-refractivity contribution in [2.75, 3.05) is 12.3 Å². The van der Waals surface area contributed by atoms with Crippen molar-refractivity contribution in [1.82, 2.24) is 9.78 Å². The Balaban J connectivity index is 2.08. The molecule has 100 valence electrons. The molecule has 0 spiro atoms. The van der Waals surface area contributed by atoms with Crippen LogP contribution in [0.1, 0.15) is 25.5 Å². The maximum Gasteiger partial charge on any atom is 0.270 e. The number of ether oxygens (including phenoxy) is 1. The molecule has 19 heavy (non-hydrogen) atoms. The van der Waals surface area contributed by atoms with Gasteiger partial charge in [0.2, 0.25) is 0 Å². The summed E-state index contributed by atoms with van der Waals surface area (Å²) in [5, 5.41) is 15.6. The monoisotopic (exact) mass is 262 g/mol. The molecule has 0 amide bonds. The second kappa shape index (κ2) is 4.51. The van der Waals surface area contributed by atoms with E-state index in [4.69, 9.17) is 10.5 Å². The lowest BCUT2D eigenvalue weighted by Gasteiger charge is -2.23. The van der Waals surface area contributed by atoms with Crippen molar-refractivity contribution >= 4 is 22.4 Å². The van der Waals surface area contributed by atoms with E-state index in [2.05, 4.69) is 5.10 Å². The Morgan fingerprint density at radius 1 is 1.47 bits per heavy atom. The quantitative estimate of drug-likeness (QED) is 0.661. The van der Waals surface area contributed by atoms with E-state index < -0.39 is 4.92 Å². The highest BCUT2D eigenvalue weighted by Gasteiger charge is 2.21. The van der Waals surface area contributed by atoms with Crippen LogP contribution in [-0.4, -0.2) is 21.3 Å². The van der Waals surface area contributed by atoms with Gasteiger partial charge in [0.05, 0.1) is 15.8 Å². The smallest absolute Gasteiger partial charge is 0.270 e. The average molecular weight is 262 g/mol. The van der Waals surface area contributed by atoms with Crippen LogP contribution in [0.3, 0.4) is 0 Å². The molecule has 0 radical (unpaired) electrons. The summed E-state index contributed by atoms with van der Waals surface area (Å²) in [6, 6.07) is 4.59. The number of anilines is 1. The summed E-state index contributed by atoms with van der Waals surface area (Å²) < 4.78 is 7.40. The molecule has 1 aromatic carbocycles. The van der Waals surface area contributed by atoms with Crippen molar-refractivity contribution < 1.29 is 9.66 Å². The maximum absolute atomic E-state index is 10.8. The molecule has 1 aliphatic heterocycles. The summed E-state index contributed by atoms with van der Waals surface area (Å²) in [5.41, 5.74) is 6.63. The van der Waals surface area contributed by atoms with Gasteiger partial charge in [0.1, 0.15) is 0 Å². The first-order valence-corrected chi connectivity index (χ1v) is 6.20.